The summed E-state index contributed by atoms with van der Waals surface area (Å²) in [5.74, 6) is 0.196. The van der Waals surface area contributed by atoms with E-state index in [4.69, 9.17) is 11.6 Å². The summed E-state index contributed by atoms with van der Waals surface area (Å²) >= 11 is 6.00. The second-order valence-corrected chi connectivity index (χ2v) is 6.50. The highest BCUT2D eigenvalue weighted by Gasteiger charge is 2.10. The Balaban J connectivity index is 1.59. The van der Waals surface area contributed by atoms with E-state index in [1.165, 1.54) is 0 Å². The summed E-state index contributed by atoms with van der Waals surface area (Å²) in [6.45, 7) is 2.90. The van der Waals surface area contributed by atoms with Crippen LogP contribution in [0.2, 0.25) is 5.02 Å². The van der Waals surface area contributed by atoms with Crippen LogP contribution >= 0.6 is 11.6 Å². The molecule has 138 valence electrons. The monoisotopic (exact) mass is 381 g/mol. The van der Waals surface area contributed by atoms with E-state index in [1.54, 1.807) is 18.5 Å². The number of nitrogens with zero attached hydrogens (tertiary/aromatic N) is 3. The van der Waals surface area contributed by atoms with Crippen molar-refractivity contribution in [2.45, 2.75) is 19.9 Å². The molecule has 2 aromatic heterocycles. The van der Waals surface area contributed by atoms with Gasteiger partial charge >= 0.3 is 0 Å². The molecule has 3 rings (SSSR count). The van der Waals surface area contributed by atoms with Crippen molar-refractivity contribution in [2.75, 3.05) is 11.9 Å². The zero-order valence-electron chi connectivity index (χ0n) is 14.9. The molecule has 27 heavy (non-hydrogen) atoms. The van der Waals surface area contributed by atoms with Gasteiger partial charge in [-0.3, -0.25) is 9.78 Å². The largest absolute Gasteiger partial charge is 0.354 e. The van der Waals surface area contributed by atoms with Gasteiger partial charge in [-0.25, -0.2) is 9.97 Å². The van der Waals surface area contributed by atoms with Crippen LogP contribution in [0.25, 0.3) is 0 Å². The van der Waals surface area contributed by atoms with E-state index < -0.39 is 0 Å². The van der Waals surface area contributed by atoms with Crippen LogP contribution in [0.15, 0.2) is 54.9 Å². The number of carbonyl (C=O) groups is 1. The maximum absolute atomic E-state index is 12.4. The third-order valence-corrected chi connectivity index (χ3v) is 4.11. The normalized spacial score (nSPS) is 10.4. The van der Waals surface area contributed by atoms with Gasteiger partial charge in [0.05, 0.1) is 0 Å². The lowest BCUT2D eigenvalue weighted by Gasteiger charge is -2.09. The molecule has 0 spiro atoms. The molecule has 0 aliphatic rings. The number of nitrogens with one attached hydrogen (secondary N) is 2. The lowest BCUT2D eigenvalue weighted by Crippen LogP contribution is -2.24. The predicted molar refractivity (Wildman–Crippen MR) is 106 cm³/mol. The Morgan fingerprint density at radius 2 is 1.89 bits per heavy atom. The predicted octanol–water partition coefficient (Wildman–Crippen LogP) is 3.42. The number of halogens is 1. The number of amides is 1. The van der Waals surface area contributed by atoms with E-state index in [9.17, 15) is 4.79 Å². The highest BCUT2D eigenvalue weighted by Crippen LogP contribution is 2.11. The molecule has 7 heteroatoms. The SMILES string of the molecule is Cc1cc(C(=O)NCc2ccncc2)nc(NCCc2cccc(Cl)c2)n1. The maximum atomic E-state index is 12.4. The molecule has 0 bridgehead atoms. The molecule has 0 fully saturated rings. The van der Waals surface area contributed by atoms with Crippen molar-refractivity contribution in [3.05, 3.63) is 82.4 Å². The van der Waals surface area contributed by atoms with Gasteiger partial charge in [0.2, 0.25) is 5.95 Å². The van der Waals surface area contributed by atoms with Crippen LogP contribution in [0.1, 0.15) is 27.3 Å². The van der Waals surface area contributed by atoms with Crippen LogP contribution in [0.3, 0.4) is 0 Å². The van der Waals surface area contributed by atoms with Crippen LogP contribution in [0.5, 0.6) is 0 Å². The molecule has 2 heterocycles. The van der Waals surface area contributed by atoms with E-state index >= 15 is 0 Å². The minimum atomic E-state index is -0.241. The minimum absolute atomic E-state index is 0.241. The highest BCUT2D eigenvalue weighted by molar-refractivity contribution is 6.30. The maximum Gasteiger partial charge on any atom is 0.270 e. The Morgan fingerprint density at radius 3 is 2.67 bits per heavy atom. The van der Waals surface area contributed by atoms with E-state index in [0.717, 1.165) is 23.2 Å². The van der Waals surface area contributed by atoms with Crippen molar-refractivity contribution < 1.29 is 4.79 Å². The van der Waals surface area contributed by atoms with Crippen LogP contribution in [-0.4, -0.2) is 27.4 Å². The first kappa shape index (κ1) is 18.8. The number of benzene rings is 1. The number of rotatable bonds is 7. The third kappa shape index (κ3) is 5.76. The summed E-state index contributed by atoms with van der Waals surface area (Å²) in [5.41, 5.74) is 3.16. The van der Waals surface area contributed by atoms with Crippen molar-refractivity contribution in [1.29, 1.82) is 0 Å². The molecule has 0 radical (unpaired) electrons. The fourth-order valence-electron chi connectivity index (χ4n) is 2.55. The van der Waals surface area contributed by atoms with Crippen LogP contribution in [-0.2, 0) is 13.0 Å². The van der Waals surface area contributed by atoms with Gasteiger partial charge in [-0.2, -0.15) is 0 Å². The van der Waals surface area contributed by atoms with Gasteiger partial charge in [0.1, 0.15) is 5.69 Å². The van der Waals surface area contributed by atoms with Crippen LogP contribution in [0, 0.1) is 6.92 Å². The van der Waals surface area contributed by atoms with E-state index in [1.807, 2.05) is 43.3 Å². The lowest BCUT2D eigenvalue weighted by atomic mass is 10.1. The molecule has 0 unspecified atom stereocenters. The molecular weight excluding hydrogens is 362 g/mol. The quantitative estimate of drug-likeness (QED) is 0.655. The molecule has 0 aliphatic heterocycles. The summed E-state index contributed by atoms with van der Waals surface area (Å²) in [4.78, 5) is 25.0. The number of hydrogen-bond acceptors (Lipinski definition) is 5. The summed E-state index contributed by atoms with van der Waals surface area (Å²) in [7, 11) is 0. The van der Waals surface area contributed by atoms with Gasteiger partial charge in [-0.05, 0) is 54.8 Å². The van der Waals surface area contributed by atoms with Gasteiger partial charge < -0.3 is 10.6 Å². The van der Waals surface area contributed by atoms with Crippen molar-refractivity contribution >= 4 is 23.5 Å². The standard InChI is InChI=1S/C20H20ClN5O/c1-14-11-18(19(27)24-13-16-5-8-22-9-6-16)26-20(25-14)23-10-7-15-3-2-4-17(21)12-15/h2-6,8-9,11-12H,7,10,13H2,1H3,(H,24,27)(H,23,25,26). The van der Waals surface area contributed by atoms with Crippen LogP contribution < -0.4 is 10.6 Å². The number of hydrogen-bond donors (Lipinski definition) is 2. The van der Waals surface area contributed by atoms with Crippen LogP contribution in [0.4, 0.5) is 5.95 Å². The summed E-state index contributed by atoms with van der Waals surface area (Å²) in [6, 6.07) is 13.1. The molecular formula is C20H20ClN5O. The van der Waals surface area contributed by atoms with Gasteiger partial charge in [-0.15, -0.1) is 0 Å². The van der Waals surface area contributed by atoms with E-state index in [0.29, 0.717) is 29.8 Å². The van der Waals surface area contributed by atoms with Gasteiger partial charge in [0, 0.05) is 36.2 Å². The zero-order valence-corrected chi connectivity index (χ0v) is 15.7. The number of anilines is 1. The Bertz CT molecular complexity index is 917. The molecule has 0 aliphatic carbocycles. The first-order valence-electron chi connectivity index (χ1n) is 8.61. The Labute approximate surface area is 163 Å². The third-order valence-electron chi connectivity index (χ3n) is 3.88. The number of carbonyl (C=O) groups excluding carboxylic acids is 1. The lowest BCUT2D eigenvalue weighted by molar-refractivity contribution is 0.0945. The molecule has 0 saturated heterocycles. The Morgan fingerprint density at radius 1 is 1.07 bits per heavy atom. The molecule has 0 atom stereocenters. The molecule has 6 nitrogen and oxygen atoms in total. The van der Waals surface area contributed by atoms with Crippen molar-refractivity contribution in [3.8, 4) is 0 Å². The van der Waals surface area contributed by atoms with E-state index in [2.05, 4.69) is 25.6 Å². The minimum Gasteiger partial charge on any atom is -0.354 e. The molecule has 3 aromatic rings. The topological polar surface area (TPSA) is 79.8 Å². The smallest absolute Gasteiger partial charge is 0.270 e. The summed E-state index contributed by atoms with van der Waals surface area (Å²) in [6.07, 6.45) is 4.16. The van der Waals surface area contributed by atoms with Gasteiger partial charge in [0.25, 0.3) is 5.91 Å². The molecule has 1 aromatic carbocycles. The summed E-state index contributed by atoms with van der Waals surface area (Å²) < 4.78 is 0. The summed E-state index contributed by atoms with van der Waals surface area (Å²) in [5, 5.41) is 6.74. The molecule has 2 N–H and O–H groups in total. The average molecular weight is 382 g/mol. The Hall–Kier alpha value is -2.99. The van der Waals surface area contributed by atoms with Gasteiger partial charge in [-0.1, -0.05) is 23.7 Å². The zero-order chi connectivity index (χ0) is 19.1. The second kappa shape index (κ2) is 9.09. The van der Waals surface area contributed by atoms with Crippen molar-refractivity contribution in [1.82, 2.24) is 20.3 Å². The first-order chi connectivity index (χ1) is 13.1. The fourth-order valence-corrected chi connectivity index (χ4v) is 2.76. The Kier molecular flexibility index (Phi) is 6.33. The van der Waals surface area contributed by atoms with Crippen molar-refractivity contribution in [3.63, 3.8) is 0 Å². The highest BCUT2D eigenvalue weighted by atomic mass is 35.5. The fraction of sp³-hybridized carbons (Fsp3) is 0.200. The first-order valence-corrected chi connectivity index (χ1v) is 8.99. The number of aromatic nitrogens is 3. The van der Waals surface area contributed by atoms with Gasteiger partial charge in [0.15, 0.2) is 0 Å². The molecule has 1 amide bonds. The number of pyridine rings is 1. The second-order valence-electron chi connectivity index (χ2n) is 6.06. The average Bonchev–Trinajstić information content (AvgIpc) is 2.66. The van der Waals surface area contributed by atoms with E-state index in [-0.39, 0.29) is 5.91 Å². The number of aryl methyl sites for hydroxylation is 1. The molecule has 0 saturated carbocycles. The van der Waals surface area contributed by atoms with Crippen molar-refractivity contribution in [2.24, 2.45) is 0 Å².